The van der Waals surface area contributed by atoms with E-state index in [4.69, 9.17) is 15.2 Å². The summed E-state index contributed by atoms with van der Waals surface area (Å²) in [5, 5.41) is 36.9. The molecule has 0 saturated carbocycles. The number of nitro benzene ring substituents is 1. The molecule has 0 bridgehead atoms. The van der Waals surface area contributed by atoms with E-state index in [9.17, 15) is 55.5 Å². The number of anilines is 3. The number of rotatable bonds is 13. The maximum atomic E-state index is 13.9. The van der Waals surface area contributed by atoms with Crippen molar-refractivity contribution in [3.8, 4) is 22.6 Å². The molecule has 22 nitrogen and oxygen atoms in total. The van der Waals surface area contributed by atoms with Crippen molar-refractivity contribution in [1.82, 2.24) is 0 Å². The molecule has 65 heavy (non-hydrogen) atoms. The molecule has 0 unspecified atom stereocenters. The molecule has 0 heterocycles. The van der Waals surface area contributed by atoms with Gasteiger partial charge in [0, 0.05) is 28.8 Å². The minimum Gasteiger partial charge on any atom is -0.494 e. The van der Waals surface area contributed by atoms with Crippen molar-refractivity contribution >= 4 is 95.5 Å². The summed E-state index contributed by atoms with van der Waals surface area (Å²) in [5.41, 5.74) is 10.9. The van der Waals surface area contributed by atoms with Crippen LogP contribution >= 0.6 is 0 Å². The molecular formula is C41H30N8O14S2. The van der Waals surface area contributed by atoms with Gasteiger partial charge in [-0.3, -0.25) is 39.7 Å². The highest BCUT2D eigenvalue weighted by atomic mass is 32.2. The van der Waals surface area contributed by atoms with Gasteiger partial charge in [-0.1, -0.05) is 24.3 Å². The van der Waals surface area contributed by atoms with Gasteiger partial charge in [-0.25, -0.2) is 4.79 Å². The van der Waals surface area contributed by atoms with Crippen LogP contribution in [-0.4, -0.2) is 79.1 Å². The fourth-order valence-electron chi connectivity index (χ4n) is 6.53. The van der Waals surface area contributed by atoms with Crippen LogP contribution in [0.25, 0.3) is 23.3 Å². The summed E-state index contributed by atoms with van der Waals surface area (Å²) < 4.78 is 79.5. The molecule has 24 heteroatoms. The van der Waals surface area contributed by atoms with E-state index in [0.717, 1.165) is 30.3 Å². The summed E-state index contributed by atoms with van der Waals surface area (Å²) >= 11 is 0. The van der Waals surface area contributed by atoms with Crippen molar-refractivity contribution in [1.29, 1.82) is 0 Å². The smallest absolute Gasteiger partial charge is 0.338 e. The first-order valence-electron chi connectivity index (χ1n) is 18.3. The summed E-state index contributed by atoms with van der Waals surface area (Å²) in [6, 6.07) is 18.7. The van der Waals surface area contributed by atoms with Gasteiger partial charge in [0.05, 0.1) is 46.7 Å². The van der Waals surface area contributed by atoms with Crippen LogP contribution in [0.1, 0.15) is 37.4 Å². The van der Waals surface area contributed by atoms with Gasteiger partial charge in [0.25, 0.3) is 25.9 Å². The summed E-state index contributed by atoms with van der Waals surface area (Å²) in [4.78, 5) is 47.5. The lowest BCUT2D eigenvalue weighted by Gasteiger charge is -2.18. The van der Waals surface area contributed by atoms with Crippen molar-refractivity contribution in [2.24, 2.45) is 20.4 Å². The Morgan fingerprint density at radius 3 is 1.94 bits per heavy atom. The third-order valence-corrected chi connectivity index (χ3v) is 11.4. The highest BCUT2D eigenvalue weighted by Crippen LogP contribution is 2.39. The highest BCUT2D eigenvalue weighted by molar-refractivity contribution is 7.91. The number of non-ortho nitro benzene ring substituents is 1. The van der Waals surface area contributed by atoms with E-state index in [0.29, 0.717) is 33.7 Å². The van der Waals surface area contributed by atoms with Gasteiger partial charge in [-0.15, -0.1) is 10.2 Å². The van der Waals surface area contributed by atoms with Crippen molar-refractivity contribution < 1.29 is 59.8 Å². The van der Waals surface area contributed by atoms with Crippen LogP contribution < -0.4 is 26.1 Å². The zero-order valence-electron chi connectivity index (χ0n) is 33.3. The number of hydrazone groups is 2. The van der Waals surface area contributed by atoms with Crippen LogP contribution in [0.3, 0.4) is 0 Å². The van der Waals surface area contributed by atoms with Gasteiger partial charge >= 0.3 is 5.97 Å². The zero-order valence-corrected chi connectivity index (χ0v) is 34.9. The Morgan fingerprint density at radius 2 is 1.37 bits per heavy atom. The van der Waals surface area contributed by atoms with Crippen molar-refractivity contribution in [2.45, 2.75) is 4.90 Å². The number of fused-ring (bicyclic) bond motifs is 2. The lowest BCUT2D eigenvalue weighted by atomic mass is 9.92. The van der Waals surface area contributed by atoms with Gasteiger partial charge in [0.2, 0.25) is 11.6 Å². The Balaban J connectivity index is 1.16. The number of ether oxygens (including phenoxy) is 2. The molecule has 0 atom stereocenters. The lowest BCUT2D eigenvalue weighted by Crippen LogP contribution is -2.27. The van der Waals surface area contributed by atoms with Gasteiger partial charge in [-0.2, -0.15) is 27.0 Å². The molecule has 5 aromatic carbocycles. The van der Waals surface area contributed by atoms with E-state index in [1.165, 1.54) is 56.7 Å². The number of benzene rings is 5. The number of methoxy groups -OCH3 is 2. The molecule has 0 amide bonds. The number of ketones is 2. The van der Waals surface area contributed by atoms with Crippen LogP contribution in [0.5, 0.6) is 11.5 Å². The van der Waals surface area contributed by atoms with Crippen molar-refractivity contribution in [2.75, 3.05) is 30.8 Å². The number of carboxylic acid groups (broad SMARTS) is 1. The van der Waals surface area contributed by atoms with Crippen LogP contribution in [0, 0.1) is 10.1 Å². The first kappa shape index (κ1) is 44.6. The van der Waals surface area contributed by atoms with E-state index in [-0.39, 0.29) is 50.2 Å². The number of nitrogens with two attached hydrogens (primary N) is 1. The largest absolute Gasteiger partial charge is 0.494 e. The Hall–Kier alpha value is -8.45. The molecule has 5 aromatic rings. The second-order valence-corrected chi connectivity index (χ2v) is 16.4. The summed E-state index contributed by atoms with van der Waals surface area (Å²) in [7, 11) is -6.91. The topological polar surface area (TPSA) is 341 Å². The number of nitrogens with zero attached hydrogens (tertiary/aromatic N) is 5. The monoisotopic (exact) mass is 922 g/mol. The average molecular weight is 923 g/mol. The molecule has 0 spiro atoms. The number of hydrogen-bond acceptors (Lipinski definition) is 18. The number of allylic oxidation sites excluding steroid dienone is 2. The second-order valence-electron chi connectivity index (χ2n) is 13.6. The molecule has 7 N–H and O–H groups in total. The molecule has 7 rings (SSSR count). The van der Waals surface area contributed by atoms with Gasteiger partial charge in [-0.05, 0) is 83.4 Å². The molecule has 0 radical (unpaired) electrons. The van der Waals surface area contributed by atoms with Crippen molar-refractivity contribution in [3.05, 3.63) is 134 Å². The normalized spacial score (nSPS) is 14.8. The maximum absolute atomic E-state index is 13.9. The highest BCUT2D eigenvalue weighted by Gasteiger charge is 2.35. The van der Waals surface area contributed by atoms with Crippen LogP contribution in [0.4, 0.5) is 34.1 Å². The quantitative estimate of drug-likeness (QED) is 0.0240. The molecule has 0 aliphatic heterocycles. The van der Waals surface area contributed by atoms with E-state index in [2.05, 4.69) is 31.3 Å². The van der Waals surface area contributed by atoms with Gasteiger partial charge in [0.15, 0.2) is 5.71 Å². The number of aromatic carboxylic acids is 1. The number of hydrogen-bond donors (Lipinski definition) is 6. The Bertz CT molecular complexity index is 3310. The Kier molecular flexibility index (Phi) is 11.9. The summed E-state index contributed by atoms with van der Waals surface area (Å²) in [6.07, 6.45) is 3.50. The molecular weight excluding hydrogens is 893 g/mol. The minimum atomic E-state index is -5.17. The first-order valence-corrected chi connectivity index (χ1v) is 21.2. The van der Waals surface area contributed by atoms with Gasteiger partial charge in [0.1, 0.15) is 33.5 Å². The number of carboxylic acids is 1. The number of nitrogen functional groups attached to an aromatic ring is 1. The van der Waals surface area contributed by atoms with E-state index < -0.39 is 64.6 Å². The molecule has 2 aliphatic carbocycles. The number of azo groups is 1. The third kappa shape index (κ3) is 9.07. The molecule has 330 valence electrons. The summed E-state index contributed by atoms with van der Waals surface area (Å²) in [6.45, 7) is 0. The second kappa shape index (κ2) is 17.4. The zero-order chi connectivity index (χ0) is 47.0. The van der Waals surface area contributed by atoms with Crippen LogP contribution in [0.2, 0.25) is 0 Å². The lowest BCUT2D eigenvalue weighted by molar-refractivity contribution is -0.384. The fraction of sp³-hybridized carbons (Fsp3) is 0.0488. The maximum Gasteiger partial charge on any atom is 0.338 e. The SMILES string of the molecule is COc1cc(-c2ccc(N/N=C3/C(=O)C=Cc4cc(S(=O)(=O)O)ccc43)c(OC)c2)ccc1N/N=C1\C(=O)c2ccc(N)c(N=Nc3ccc([N+](=O)[O-])cc3C(=O)O)c2C=C1S(=O)(=O)O. The van der Waals surface area contributed by atoms with E-state index >= 15 is 0 Å². The molecule has 2 aliphatic rings. The van der Waals surface area contributed by atoms with Crippen LogP contribution in [0.15, 0.2) is 121 Å². The van der Waals surface area contributed by atoms with Crippen LogP contribution in [-0.2, 0) is 25.0 Å². The average Bonchev–Trinajstić information content (AvgIpc) is 3.26. The van der Waals surface area contributed by atoms with E-state index in [1.54, 1.807) is 30.3 Å². The predicted octanol–water partition coefficient (Wildman–Crippen LogP) is 6.53. The molecule has 0 saturated heterocycles. The number of nitrogens with one attached hydrogen (secondary N) is 2. The predicted molar refractivity (Wildman–Crippen MR) is 235 cm³/mol. The molecule has 0 fully saturated rings. The first-order chi connectivity index (χ1) is 30.8. The Labute approximate surface area is 366 Å². The Morgan fingerprint density at radius 1 is 0.754 bits per heavy atom. The van der Waals surface area contributed by atoms with Crippen molar-refractivity contribution in [3.63, 3.8) is 0 Å². The minimum absolute atomic E-state index is 0.0272. The number of Topliss-reactive ketones (excluding diaryl/α,β-unsaturated/α-hetero) is 1. The third-order valence-electron chi connectivity index (χ3n) is 9.71. The number of carbonyl (C=O) groups excluding carboxylic acids is 2. The standard InChI is InChI=1S/C41H30N8O14S2/c1-62-34-16-20(3-11-31(34)44-47-38-25-8-7-24(64(56,57)58)15-22(25)5-14-33(38)50)21-4-12-32(35(17-21)63-2)45-48-39-36(65(59,60)61)19-27-26(40(39)51)9-10-29(42)37(27)46-43-30-13-6-23(49(54)55)18-28(30)41(52)53/h3-19,44-45H,42H2,1-2H3,(H,52,53)(H,56,57,58)(H,59,60,61)/b46-43?,47-38+,48-39-. The summed E-state index contributed by atoms with van der Waals surface area (Å²) in [5.74, 6) is -2.56. The van der Waals surface area contributed by atoms with E-state index in [1.807, 2.05) is 0 Å². The fourth-order valence-corrected chi connectivity index (χ4v) is 7.69. The number of carbonyl (C=O) groups is 3. The number of nitro groups is 1. The van der Waals surface area contributed by atoms with Gasteiger partial charge < -0.3 is 20.3 Å². The molecule has 0 aromatic heterocycles.